The van der Waals surface area contributed by atoms with Gasteiger partial charge in [-0.05, 0) is 49.1 Å². The van der Waals surface area contributed by atoms with Crippen LogP contribution >= 0.6 is 0 Å². The molecule has 1 aromatic heterocycles. The van der Waals surface area contributed by atoms with Crippen molar-refractivity contribution in [3.05, 3.63) is 77.9 Å². The number of allylic oxidation sites excluding steroid dienone is 1. The number of methoxy groups -OCH3 is 1. The van der Waals surface area contributed by atoms with Crippen molar-refractivity contribution < 1.29 is 24.5 Å². The van der Waals surface area contributed by atoms with Gasteiger partial charge in [-0.1, -0.05) is 62.0 Å². The summed E-state index contributed by atoms with van der Waals surface area (Å²) < 4.78 is 10.6. The van der Waals surface area contributed by atoms with Gasteiger partial charge in [0.2, 0.25) is 5.82 Å². The topological polar surface area (TPSA) is 146 Å². The molecule has 212 valence electrons. The number of carbonyl (C=O) groups excluding carboxylic acids is 1. The number of hydrogen-bond donors (Lipinski definition) is 3. The van der Waals surface area contributed by atoms with E-state index in [0.29, 0.717) is 24.5 Å². The van der Waals surface area contributed by atoms with Crippen LogP contribution in [-0.2, 0) is 16.0 Å². The number of aliphatic hydroxyl groups is 2. The van der Waals surface area contributed by atoms with Gasteiger partial charge in [0.05, 0.1) is 19.4 Å². The molecule has 0 spiro atoms. The highest BCUT2D eigenvalue weighted by atomic mass is 16.6. The second-order valence-corrected chi connectivity index (χ2v) is 9.62. The molecule has 3 rings (SSSR count). The highest BCUT2D eigenvalue weighted by molar-refractivity contribution is 5.96. The Hall–Kier alpha value is -4.51. The molecule has 0 saturated carbocycles. The minimum absolute atomic E-state index is 0.0867. The number of nitrogens with zero attached hydrogens (tertiary/aromatic N) is 5. The molecule has 0 radical (unpaired) electrons. The van der Waals surface area contributed by atoms with Crippen molar-refractivity contribution in [2.24, 2.45) is 4.99 Å². The molecule has 3 N–H and O–H groups in total. The lowest BCUT2D eigenvalue weighted by Gasteiger charge is -2.26. The number of nitrogens with one attached hydrogen (secondary N) is 1. The van der Waals surface area contributed by atoms with Crippen LogP contribution in [0.4, 0.5) is 4.79 Å². The van der Waals surface area contributed by atoms with Crippen LogP contribution < -0.4 is 0 Å². The quantitative estimate of drug-likeness (QED) is 0.164. The zero-order valence-electron chi connectivity index (χ0n) is 23.5. The third-order valence-corrected chi connectivity index (χ3v) is 6.07. The van der Waals surface area contributed by atoms with E-state index in [-0.39, 0.29) is 30.4 Å². The minimum atomic E-state index is -1.28. The Balaban J connectivity index is 1.94. The van der Waals surface area contributed by atoms with Crippen molar-refractivity contribution >= 4 is 11.9 Å². The summed E-state index contributed by atoms with van der Waals surface area (Å²) in [7, 11) is 1.39. The maximum Gasteiger partial charge on any atom is 0.415 e. The van der Waals surface area contributed by atoms with Crippen LogP contribution in [0.15, 0.2) is 77.3 Å². The Morgan fingerprint density at radius 3 is 2.38 bits per heavy atom. The number of carbonyl (C=O) groups is 1. The maximum absolute atomic E-state index is 13.4. The number of rotatable bonds is 11. The molecule has 40 heavy (non-hydrogen) atoms. The fraction of sp³-hybridized carbons (Fsp3) is 0.345. The Bertz CT molecular complexity index is 1350. The predicted octanol–water partition coefficient (Wildman–Crippen LogP) is 5.39. The smallest absolute Gasteiger partial charge is 0.415 e. The number of aromatic nitrogens is 4. The van der Waals surface area contributed by atoms with Gasteiger partial charge in [-0.25, -0.2) is 9.79 Å². The first-order chi connectivity index (χ1) is 19.0. The van der Waals surface area contributed by atoms with Gasteiger partial charge in [-0.2, -0.15) is 5.21 Å². The molecule has 0 saturated heterocycles. The van der Waals surface area contributed by atoms with Gasteiger partial charge in [-0.3, -0.25) is 4.90 Å². The summed E-state index contributed by atoms with van der Waals surface area (Å²) in [6.07, 6.45) is 0.442. The van der Waals surface area contributed by atoms with E-state index in [1.54, 1.807) is 13.8 Å². The van der Waals surface area contributed by atoms with E-state index in [1.165, 1.54) is 18.9 Å². The van der Waals surface area contributed by atoms with Gasteiger partial charge in [-0.15, -0.1) is 10.2 Å². The standard InChI is InChI=1S/C29H36N6O5/c1-7-10-26(30-20(3)29(4,5)38)35(28(37)40-18-25(39-6)19(2)36)17-21-13-15-22(16-14-21)23-11-8-9-12-24(23)27-31-33-34-32-27/h8-9,11-16,36,38H,3,7,10,17-18H2,1-2,4-6H3,(H,31,32,33,34)/b25-19-,30-26?. The number of aliphatic hydroxyl groups excluding tert-OH is 1. The fourth-order valence-electron chi connectivity index (χ4n) is 3.72. The average Bonchev–Trinajstić information content (AvgIpc) is 3.46. The normalized spacial score (nSPS) is 12.5. The third kappa shape index (κ3) is 7.76. The lowest BCUT2D eigenvalue weighted by Crippen LogP contribution is -2.38. The van der Waals surface area contributed by atoms with E-state index in [4.69, 9.17) is 9.47 Å². The van der Waals surface area contributed by atoms with E-state index in [1.807, 2.05) is 55.5 Å². The molecule has 0 bridgehead atoms. The second-order valence-electron chi connectivity index (χ2n) is 9.62. The molecule has 0 aliphatic rings. The summed E-state index contributed by atoms with van der Waals surface area (Å²) in [4.78, 5) is 19.3. The van der Waals surface area contributed by atoms with Crippen molar-refractivity contribution in [3.63, 3.8) is 0 Å². The largest absolute Gasteiger partial charge is 0.509 e. The van der Waals surface area contributed by atoms with Crippen molar-refractivity contribution in [1.29, 1.82) is 0 Å². The summed E-state index contributed by atoms with van der Waals surface area (Å²) in [5.41, 5.74) is 2.45. The van der Waals surface area contributed by atoms with Crippen molar-refractivity contribution in [2.45, 2.75) is 52.7 Å². The molecular formula is C29H36N6O5. The van der Waals surface area contributed by atoms with Crippen molar-refractivity contribution in [2.75, 3.05) is 13.7 Å². The van der Waals surface area contributed by atoms with Crippen LogP contribution in [-0.4, -0.2) is 67.0 Å². The zero-order valence-corrected chi connectivity index (χ0v) is 23.5. The number of ether oxygens (including phenoxy) is 2. The van der Waals surface area contributed by atoms with Crippen LogP contribution in [0, 0.1) is 0 Å². The number of H-pyrrole nitrogens is 1. The van der Waals surface area contributed by atoms with Gasteiger partial charge >= 0.3 is 6.09 Å². The van der Waals surface area contributed by atoms with E-state index in [9.17, 15) is 15.0 Å². The number of amides is 1. The van der Waals surface area contributed by atoms with Gasteiger partial charge in [0, 0.05) is 12.0 Å². The van der Waals surface area contributed by atoms with Crippen LogP contribution in [0.3, 0.4) is 0 Å². The number of hydrogen-bond acceptors (Lipinski definition) is 9. The van der Waals surface area contributed by atoms with Crippen LogP contribution in [0.5, 0.6) is 0 Å². The molecule has 11 heteroatoms. The van der Waals surface area contributed by atoms with Crippen LogP contribution in [0.2, 0.25) is 0 Å². The molecule has 0 aliphatic heterocycles. The lowest BCUT2D eigenvalue weighted by molar-refractivity contribution is 0.105. The van der Waals surface area contributed by atoms with Crippen LogP contribution in [0.25, 0.3) is 22.5 Å². The molecule has 2 aromatic carbocycles. The highest BCUT2D eigenvalue weighted by Crippen LogP contribution is 2.30. The first kappa shape index (κ1) is 30.0. The van der Waals surface area contributed by atoms with Crippen molar-refractivity contribution in [1.82, 2.24) is 25.5 Å². The fourth-order valence-corrected chi connectivity index (χ4v) is 3.72. The van der Waals surface area contributed by atoms with Crippen LogP contribution in [0.1, 0.15) is 46.1 Å². The number of aromatic amines is 1. The maximum atomic E-state index is 13.4. The molecule has 3 aromatic rings. The highest BCUT2D eigenvalue weighted by Gasteiger charge is 2.25. The Morgan fingerprint density at radius 1 is 1.15 bits per heavy atom. The molecule has 0 atom stereocenters. The second kappa shape index (κ2) is 13.5. The summed E-state index contributed by atoms with van der Waals surface area (Å²) in [6, 6.07) is 15.5. The number of tetrazole rings is 1. The average molecular weight is 549 g/mol. The summed E-state index contributed by atoms with van der Waals surface area (Å²) in [6.45, 7) is 10.3. The zero-order chi connectivity index (χ0) is 29.3. The third-order valence-electron chi connectivity index (χ3n) is 6.07. The molecule has 0 aliphatic carbocycles. The van der Waals surface area contributed by atoms with Gasteiger partial charge < -0.3 is 19.7 Å². The molecule has 11 nitrogen and oxygen atoms in total. The van der Waals surface area contributed by atoms with Gasteiger partial charge in [0.25, 0.3) is 0 Å². The van der Waals surface area contributed by atoms with Crippen molar-refractivity contribution in [3.8, 4) is 22.5 Å². The van der Waals surface area contributed by atoms with Gasteiger partial charge in [0.1, 0.15) is 17.2 Å². The van der Waals surface area contributed by atoms with E-state index < -0.39 is 11.7 Å². The molecular weight excluding hydrogens is 512 g/mol. The predicted molar refractivity (Wildman–Crippen MR) is 152 cm³/mol. The number of benzene rings is 2. The van der Waals surface area contributed by atoms with E-state index >= 15 is 0 Å². The molecule has 1 heterocycles. The number of aliphatic imine (C=N–C) groups is 1. The minimum Gasteiger partial charge on any atom is -0.509 e. The Morgan fingerprint density at radius 2 is 1.82 bits per heavy atom. The molecule has 0 fully saturated rings. The summed E-state index contributed by atoms with van der Waals surface area (Å²) in [5.74, 6) is 0.933. The number of amidine groups is 1. The monoisotopic (exact) mass is 548 g/mol. The summed E-state index contributed by atoms with van der Waals surface area (Å²) in [5, 5.41) is 34.5. The van der Waals surface area contributed by atoms with Gasteiger partial charge in [0.15, 0.2) is 12.4 Å². The van der Waals surface area contributed by atoms with E-state index in [2.05, 4.69) is 32.2 Å². The lowest BCUT2D eigenvalue weighted by atomic mass is 9.98. The first-order valence-electron chi connectivity index (χ1n) is 12.8. The van der Waals surface area contributed by atoms with E-state index in [0.717, 1.165) is 22.3 Å². The summed E-state index contributed by atoms with van der Waals surface area (Å²) >= 11 is 0. The molecule has 1 amide bonds. The SMILES string of the molecule is C=C(N=C(CCC)N(Cc1ccc(-c2ccccc2-c2nn[nH]n2)cc1)C(=O)OC/C(OC)=C(\C)O)C(C)(C)O. The Kier molecular flexibility index (Phi) is 10.2. The first-order valence-corrected chi connectivity index (χ1v) is 12.8. The Labute approximate surface area is 233 Å². The molecule has 0 unspecified atom stereocenters.